The van der Waals surface area contributed by atoms with Gasteiger partial charge >= 0.3 is 5.97 Å². The molecule has 0 spiro atoms. The van der Waals surface area contributed by atoms with Crippen LogP contribution in [0.25, 0.3) is 0 Å². The molecule has 0 aliphatic heterocycles. The molecule has 144 valence electrons. The predicted octanol–water partition coefficient (Wildman–Crippen LogP) is 1.70. The van der Waals surface area contributed by atoms with Crippen molar-refractivity contribution in [2.75, 3.05) is 18.9 Å². The number of rotatable bonds is 7. The van der Waals surface area contributed by atoms with Crippen molar-refractivity contribution in [2.24, 2.45) is 0 Å². The third-order valence-electron chi connectivity index (χ3n) is 4.13. The third kappa shape index (κ3) is 4.69. The molecular weight excluding hydrogens is 370 g/mol. The first kappa shape index (κ1) is 20.5. The number of carboxylic acids is 1. The van der Waals surface area contributed by atoms with Gasteiger partial charge in [-0.1, -0.05) is 12.1 Å². The largest absolute Gasteiger partial charge is 0.481 e. The fourth-order valence-corrected chi connectivity index (χ4v) is 3.35. The van der Waals surface area contributed by atoms with Gasteiger partial charge in [0.1, 0.15) is 4.90 Å². The van der Waals surface area contributed by atoms with E-state index in [2.05, 4.69) is 10.3 Å². The maximum absolute atomic E-state index is 12.4. The van der Waals surface area contributed by atoms with E-state index in [0.717, 1.165) is 4.31 Å². The fraction of sp³-hybridized carbons (Fsp3) is 0.278. The molecule has 1 aromatic carbocycles. The van der Waals surface area contributed by atoms with E-state index in [-0.39, 0.29) is 11.4 Å². The van der Waals surface area contributed by atoms with Crippen LogP contribution in [0.4, 0.5) is 5.69 Å². The van der Waals surface area contributed by atoms with Crippen LogP contribution < -0.4 is 5.32 Å². The Morgan fingerprint density at radius 1 is 1.19 bits per heavy atom. The quantitative estimate of drug-likeness (QED) is 0.742. The number of amides is 1. The van der Waals surface area contributed by atoms with Crippen molar-refractivity contribution in [3.05, 3.63) is 54.4 Å². The summed E-state index contributed by atoms with van der Waals surface area (Å²) in [6, 6.07) is 9.28. The molecule has 0 bridgehead atoms. The number of carbonyl (C=O) groups excluding carboxylic acids is 1. The second-order valence-corrected chi connectivity index (χ2v) is 8.55. The molecule has 8 nitrogen and oxygen atoms in total. The smallest absolute Gasteiger partial charge is 0.313 e. The van der Waals surface area contributed by atoms with E-state index >= 15 is 0 Å². The highest BCUT2D eigenvalue weighted by Crippen LogP contribution is 2.24. The highest BCUT2D eigenvalue weighted by atomic mass is 32.2. The molecule has 2 rings (SSSR count). The second-order valence-electron chi connectivity index (χ2n) is 6.51. The topological polar surface area (TPSA) is 117 Å². The van der Waals surface area contributed by atoms with Crippen molar-refractivity contribution < 1.29 is 23.1 Å². The molecule has 2 aromatic rings. The van der Waals surface area contributed by atoms with Gasteiger partial charge < -0.3 is 10.4 Å². The number of aliphatic carboxylic acids is 1. The van der Waals surface area contributed by atoms with E-state index in [0.29, 0.717) is 11.3 Å². The van der Waals surface area contributed by atoms with Crippen molar-refractivity contribution >= 4 is 27.6 Å². The van der Waals surface area contributed by atoms with Crippen LogP contribution in [0.3, 0.4) is 0 Å². The first-order valence-corrected chi connectivity index (χ1v) is 9.49. The van der Waals surface area contributed by atoms with Gasteiger partial charge in [-0.25, -0.2) is 8.42 Å². The molecule has 27 heavy (non-hydrogen) atoms. The number of pyridine rings is 1. The Balaban J connectivity index is 2.04. The van der Waals surface area contributed by atoms with Crippen LogP contribution in [0.15, 0.2) is 53.7 Å². The molecule has 1 aromatic heterocycles. The van der Waals surface area contributed by atoms with E-state index in [1.165, 1.54) is 31.6 Å². The standard InChI is InChI=1S/C18H21N3O5S/c1-18(2,17(23)24)13-6-8-14(9-7-13)20-16(22)12-21(3)27(25,26)15-5-4-10-19-11-15/h4-11H,12H2,1-3H3,(H,20,22)(H,23,24). The molecule has 0 aliphatic carbocycles. The van der Waals surface area contributed by atoms with Crippen LogP contribution in [0.2, 0.25) is 0 Å². The Hall–Kier alpha value is -2.78. The van der Waals surface area contributed by atoms with Gasteiger partial charge in [-0.2, -0.15) is 4.31 Å². The summed E-state index contributed by atoms with van der Waals surface area (Å²) < 4.78 is 25.7. The zero-order chi connectivity index (χ0) is 20.2. The van der Waals surface area contributed by atoms with Crippen molar-refractivity contribution in [1.82, 2.24) is 9.29 Å². The Morgan fingerprint density at radius 2 is 1.81 bits per heavy atom. The van der Waals surface area contributed by atoms with Gasteiger partial charge in [-0.3, -0.25) is 14.6 Å². The Bertz CT molecular complexity index is 925. The molecule has 2 N–H and O–H groups in total. The molecule has 0 saturated carbocycles. The van der Waals surface area contributed by atoms with Gasteiger partial charge in [0.05, 0.1) is 12.0 Å². The number of nitrogens with zero attached hydrogens (tertiary/aromatic N) is 2. The van der Waals surface area contributed by atoms with Crippen molar-refractivity contribution in [2.45, 2.75) is 24.2 Å². The molecule has 9 heteroatoms. The molecule has 0 saturated heterocycles. The minimum Gasteiger partial charge on any atom is -0.481 e. The van der Waals surface area contributed by atoms with Crippen LogP contribution >= 0.6 is 0 Å². The number of nitrogens with one attached hydrogen (secondary N) is 1. The summed E-state index contributed by atoms with van der Waals surface area (Å²) in [7, 11) is -2.51. The number of anilines is 1. The van der Waals surface area contributed by atoms with Crippen molar-refractivity contribution in [1.29, 1.82) is 0 Å². The zero-order valence-electron chi connectivity index (χ0n) is 15.2. The molecule has 1 amide bonds. The maximum atomic E-state index is 12.4. The summed E-state index contributed by atoms with van der Waals surface area (Å²) >= 11 is 0. The second kappa shape index (κ2) is 7.85. The van der Waals surface area contributed by atoms with Crippen LogP contribution in [0, 0.1) is 0 Å². The molecule has 0 aliphatic rings. The molecule has 0 unspecified atom stereocenters. The van der Waals surface area contributed by atoms with E-state index in [4.69, 9.17) is 0 Å². The maximum Gasteiger partial charge on any atom is 0.313 e. The number of aromatic nitrogens is 1. The predicted molar refractivity (Wildman–Crippen MR) is 99.8 cm³/mol. The number of sulfonamides is 1. The monoisotopic (exact) mass is 391 g/mol. The van der Waals surface area contributed by atoms with Gasteiger partial charge in [-0.05, 0) is 43.7 Å². The minimum absolute atomic E-state index is 0.000514. The van der Waals surface area contributed by atoms with E-state index in [9.17, 15) is 23.1 Å². The van der Waals surface area contributed by atoms with Crippen LogP contribution in [-0.4, -0.2) is 48.3 Å². The average molecular weight is 391 g/mol. The lowest BCUT2D eigenvalue weighted by molar-refractivity contribution is -0.142. The normalized spacial score (nSPS) is 12.0. The minimum atomic E-state index is -3.82. The summed E-state index contributed by atoms with van der Waals surface area (Å²) in [6.07, 6.45) is 2.67. The van der Waals surface area contributed by atoms with Crippen LogP contribution in [0.5, 0.6) is 0 Å². The summed E-state index contributed by atoms with van der Waals surface area (Å²) in [5.41, 5.74) is -0.0259. The lowest BCUT2D eigenvalue weighted by atomic mass is 9.85. The number of likely N-dealkylation sites (N-methyl/N-ethyl adjacent to an activating group) is 1. The first-order valence-electron chi connectivity index (χ1n) is 8.05. The summed E-state index contributed by atoms with van der Waals surface area (Å²) in [5.74, 6) is -1.48. The SMILES string of the molecule is CN(CC(=O)Nc1ccc(C(C)(C)C(=O)O)cc1)S(=O)(=O)c1cccnc1. The number of hydrogen-bond donors (Lipinski definition) is 2. The lowest BCUT2D eigenvalue weighted by Crippen LogP contribution is -2.35. The average Bonchev–Trinajstić information content (AvgIpc) is 2.62. The number of hydrogen-bond acceptors (Lipinski definition) is 5. The molecule has 0 radical (unpaired) electrons. The molecule has 1 heterocycles. The van der Waals surface area contributed by atoms with Crippen molar-refractivity contribution in [3.8, 4) is 0 Å². The number of carbonyl (C=O) groups is 2. The first-order chi connectivity index (χ1) is 12.5. The van der Waals surface area contributed by atoms with Gasteiger partial charge in [0.25, 0.3) is 0 Å². The highest BCUT2D eigenvalue weighted by molar-refractivity contribution is 7.89. The van der Waals surface area contributed by atoms with E-state index in [1.54, 1.807) is 38.1 Å². The summed E-state index contributed by atoms with van der Waals surface area (Å²) in [5, 5.41) is 11.8. The van der Waals surface area contributed by atoms with Gasteiger partial charge in [-0.15, -0.1) is 0 Å². The van der Waals surface area contributed by atoms with E-state index < -0.39 is 27.3 Å². The summed E-state index contributed by atoms with van der Waals surface area (Å²) in [4.78, 5) is 27.2. The fourth-order valence-electron chi connectivity index (χ4n) is 2.26. The lowest BCUT2D eigenvalue weighted by Gasteiger charge is -2.20. The van der Waals surface area contributed by atoms with Gasteiger partial charge in [0.15, 0.2) is 0 Å². The summed E-state index contributed by atoms with van der Waals surface area (Å²) in [6.45, 7) is 2.79. The Labute approximate surface area is 157 Å². The highest BCUT2D eigenvalue weighted by Gasteiger charge is 2.29. The molecule has 0 fully saturated rings. The van der Waals surface area contributed by atoms with Crippen molar-refractivity contribution in [3.63, 3.8) is 0 Å². The van der Waals surface area contributed by atoms with Crippen LogP contribution in [-0.2, 0) is 25.0 Å². The van der Waals surface area contributed by atoms with Crippen LogP contribution in [0.1, 0.15) is 19.4 Å². The zero-order valence-corrected chi connectivity index (χ0v) is 16.0. The number of benzene rings is 1. The molecule has 0 atom stereocenters. The van der Waals surface area contributed by atoms with Gasteiger partial charge in [0, 0.05) is 25.1 Å². The Morgan fingerprint density at radius 3 is 2.33 bits per heavy atom. The van der Waals surface area contributed by atoms with Gasteiger partial charge in [0.2, 0.25) is 15.9 Å². The Kier molecular flexibility index (Phi) is 5.97. The third-order valence-corrected chi connectivity index (χ3v) is 5.92. The molecular formula is C18H21N3O5S. The number of carboxylic acid groups (broad SMARTS) is 1. The van der Waals surface area contributed by atoms with E-state index in [1.807, 2.05) is 0 Å².